The van der Waals surface area contributed by atoms with E-state index in [0.717, 1.165) is 10.00 Å². The van der Waals surface area contributed by atoms with Gasteiger partial charge in [0.2, 0.25) is 10.0 Å². The molecule has 0 aliphatic heterocycles. The van der Waals surface area contributed by atoms with Crippen LogP contribution < -0.4 is 5.32 Å². The van der Waals surface area contributed by atoms with E-state index in [-0.39, 0.29) is 16.3 Å². The fourth-order valence-corrected chi connectivity index (χ4v) is 2.94. The van der Waals surface area contributed by atoms with Gasteiger partial charge in [0.1, 0.15) is 11.4 Å². The molecule has 0 aliphatic carbocycles. The molecular weight excluding hydrogens is 318 g/mol. The topological polar surface area (TPSA) is 91.6 Å². The fraction of sp³-hybridized carbons (Fsp3) is 0.267. The molecule has 0 saturated heterocycles. The highest BCUT2D eigenvalue weighted by molar-refractivity contribution is 7.89. The minimum absolute atomic E-state index is 0.0151. The van der Waals surface area contributed by atoms with Crippen LogP contribution in [0.3, 0.4) is 0 Å². The number of phenols is 1. The van der Waals surface area contributed by atoms with E-state index in [1.165, 1.54) is 32.3 Å². The van der Waals surface area contributed by atoms with E-state index in [9.17, 15) is 18.3 Å². The molecule has 0 unspecified atom stereocenters. The van der Waals surface area contributed by atoms with Gasteiger partial charge in [-0.05, 0) is 37.3 Å². The van der Waals surface area contributed by atoms with Crippen LogP contribution >= 0.6 is 0 Å². The Kier molecular flexibility index (Phi) is 4.49. The first-order chi connectivity index (χ1) is 10.6. The van der Waals surface area contributed by atoms with Crippen LogP contribution in [0.4, 0.5) is 5.69 Å². The second-order valence-corrected chi connectivity index (χ2v) is 7.49. The van der Waals surface area contributed by atoms with Gasteiger partial charge in [-0.25, -0.2) is 12.7 Å². The number of benzene rings is 1. The molecule has 7 nitrogen and oxygen atoms in total. The number of aromatic nitrogens is 1. The molecule has 0 spiro atoms. The number of amides is 1. The molecule has 0 aliphatic rings. The monoisotopic (exact) mass is 337 g/mol. The van der Waals surface area contributed by atoms with Crippen LogP contribution in [-0.4, -0.2) is 42.4 Å². The van der Waals surface area contributed by atoms with Gasteiger partial charge in [-0.2, -0.15) is 0 Å². The average molecular weight is 337 g/mol. The number of hydrogen-bond donors (Lipinski definition) is 2. The zero-order chi connectivity index (χ0) is 17.4. The van der Waals surface area contributed by atoms with E-state index in [1.54, 1.807) is 23.7 Å². The van der Waals surface area contributed by atoms with Crippen molar-refractivity contribution in [3.05, 3.63) is 41.7 Å². The first-order valence-corrected chi connectivity index (χ1v) is 8.28. The van der Waals surface area contributed by atoms with Gasteiger partial charge < -0.3 is 15.0 Å². The quantitative estimate of drug-likeness (QED) is 0.828. The smallest absolute Gasteiger partial charge is 0.272 e. The number of nitrogens with zero attached hydrogens (tertiary/aromatic N) is 2. The zero-order valence-corrected chi connectivity index (χ0v) is 14.2. The lowest BCUT2D eigenvalue weighted by molar-refractivity contribution is 0.101. The van der Waals surface area contributed by atoms with E-state index < -0.39 is 15.9 Å². The maximum atomic E-state index is 12.3. The number of nitrogens with one attached hydrogen (secondary N) is 1. The summed E-state index contributed by atoms with van der Waals surface area (Å²) in [5.74, 6) is -0.641. The van der Waals surface area contributed by atoms with Gasteiger partial charge in [0.15, 0.2) is 0 Å². The Morgan fingerprint density at radius 2 is 1.87 bits per heavy atom. The van der Waals surface area contributed by atoms with Crippen molar-refractivity contribution in [2.45, 2.75) is 11.8 Å². The Morgan fingerprint density at radius 1 is 1.22 bits per heavy atom. The molecule has 1 aromatic heterocycles. The van der Waals surface area contributed by atoms with Crippen molar-refractivity contribution in [3.8, 4) is 5.75 Å². The normalized spacial score (nSPS) is 11.7. The number of phenolic OH excluding ortho intramolecular Hbond substituents is 1. The Hall–Kier alpha value is -2.32. The summed E-state index contributed by atoms with van der Waals surface area (Å²) in [6, 6.07) is 7.21. The third-order valence-corrected chi connectivity index (χ3v) is 5.41. The van der Waals surface area contributed by atoms with Gasteiger partial charge in [0.25, 0.3) is 5.91 Å². The summed E-state index contributed by atoms with van der Waals surface area (Å²) >= 11 is 0. The third kappa shape index (κ3) is 3.22. The lowest BCUT2D eigenvalue weighted by atomic mass is 10.3. The van der Waals surface area contributed by atoms with Crippen LogP contribution in [0.25, 0.3) is 0 Å². The van der Waals surface area contributed by atoms with Gasteiger partial charge >= 0.3 is 0 Å². The van der Waals surface area contributed by atoms with Crippen molar-refractivity contribution in [1.29, 1.82) is 0 Å². The summed E-state index contributed by atoms with van der Waals surface area (Å²) in [5, 5.41) is 12.4. The number of hydrogen-bond acceptors (Lipinski definition) is 4. The SMILES string of the molecule is Cc1ccc(C(=O)Nc2cc(S(=O)(=O)N(C)C)ccc2O)n1C. The molecule has 0 bridgehead atoms. The third-order valence-electron chi connectivity index (χ3n) is 3.60. The number of carbonyl (C=O) groups excluding carboxylic acids is 1. The molecule has 1 aromatic carbocycles. The van der Waals surface area contributed by atoms with Gasteiger partial charge in [0.05, 0.1) is 10.6 Å². The Morgan fingerprint density at radius 3 is 2.39 bits per heavy atom. The van der Waals surface area contributed by atoms with Crippen molar-refractivity contribution in [2.24, 2.45) is 7.05 Å². The maximum absolute atomic E-state index is 12.3. The highest BCUT2D eigenvalue weighted by Gasteiger charge is 2.20. The number of aryl methyl sites for hydroxylation is 1. The van der Waals surface area contributed by atoms with Gasteiger partial charge in [-0.3, -0.25) is 4.79 Å². The fourth-order valence-electron chi connectivity index (χ4n) is 2.01. The van der Waals surface area contributed by atoms with Crippen LogP contribution in [-0.2, 0) is 17.1 Å². The van der Waals surface area contributed by atoms with Crippen molar-refractivity contribution < 1.29 is 18.3 Å². The lowest BCUT2D eigenvalue weighted by Crippen LogP contribution is -2.22. The first kappa shape index (κ1) is 17.0. The molecule has 2 aromatic rings. The molecule has 2 N–H and O–H groups in total. The Balaban J connectivity index is 2.37. The Labute approximate surface area is 135 Å². The molecule has 8 heteroatoms. The van der Waals surface area contributed by atoms with Crippen molar-refractivity contribution in [3.63, 3.8) is 0 Å². The van der Waals surface area contributed by atoms with Gasteiger partial charge in [0, 0.05) is 26.8 Å². The number of rotatable bonds is 4. The highest BCUT2D eigenvalue weighted by atomic mass is 32.2. The van der Waals surface area contributed by atoms with E-state index >= 15 is 0 Å². The summed E-state index contributed by atoms with van der Waals surface area (Å²) in [6.07, 6.45) is 0. The minimum Gasteiger partial charge on any atom is -0.506 e. The molecule has 1 amide bonds. The van der Waals surface area contributed by atoms with E-state index in [1.807, 2.05) is 6.92 Å². The second-order valence-electron chi connectivity index (χ2n) is 5.34. The van der Waals surface area contributed by atoms with E-state index in [2.05, 4.69) is 5.32 Å². The molecule has 124 valence electrons. The van der Waals surface area contributed by atoms with Crippen molar-refractivity contribution in [2.75, 3.05) is 19.4 Å². The Bertz CT molecular complexity index is 854. The van der Waals surface area contributed by atoms with Crippen LogP contribution in [0.2, 0.25) is 0 Å². The van der Waals surface area contributed by atoms with Crippen LogP contribution in [0, 0.1) is 6.92 Å². The molecule has 0 saturated carbocycles. The summed E-state index contributed by atoms with van der Waals surface area (Å²) < 4.78 is 27.0. The molecular formula is C15H19N3O4S. The summed E-state index contributed by atoms with van der Waals surface area (Å²) in [6.45, 7) is 1.86. The van der Waals surface area contributed by atoms with E-state index in [0.29, 0.717) is 5.69 Å². The van der Waals surface area contributed by atoms with Gasteiger partial charge in [-0.15, -0.1) is 0 Å². The number of sulfonamides is 1. The molecule has 0 atom stereocenters. The van der Waals surface area contributed by atoms with Crippen LogP contribution in [0.5, 0.6) is 5.75 Å². The number of anilines is 1. The van der Waals surface area contributed by atoms with Crippen LogP contribution in [0.15, 0.2) is 35.2 Å². The molecule has 1 heterocycles. The average Bonchev–Trinajstić information content (AvgIpc) is 2.81. The standard InChI is InChI=1S/C15H19N3O4S/c1-10-5-7-13(18(10)4)15(20)16-12-9-11(6-8-14(12)19)23(21,22)17(2)3/h5-9,19H,1-4H3,(H,16,20). The largest absolute Gasteiger partial charge is 0.506 e. The second kappa shape index (κ2) is 6.05. The molecule has 2 rings (SSSR count). The highest BCUT2D eigenvalue weighted by Crippen LogP contribution is 2.28. The maximum Gasteiger partial charge on any atom is 0.272 e. The van der Waals surface area contributed by atoms with Gasteiger partial charge in [-0.1, -0.05) is 0 Å². The number of aromatic hydroxyl groups is 1. The van der Waals surface area contributed by atoms with Crippen LogP contribution in [0.1, 0.15) is 16.2 Å². The predicted molar refractivity (Wildman–Crippen MR) is 87.1 cm³/mol. The molecule has 0 radical (unpaired) electrons. The lowest BCUT2D eigenvalue weighted by Gasteiger charge is -2.14. The predicted octanol–water partition coefficient (Wildman–Crippen LogP) is 1.54. The number of carbonyl (C=O) groups is 1. The van der Waals surface area contributed by atoms with E-state index in [4.69, 9.17) is 0 Å². The van der Waals surface area contributed by atoms with Crippen molar-refractivity contribution in [1.82, 2.24) is 8.87 Å². The zero-order valence-electron chi connectivity index (χ0n) is 13.4. The minimum atomic E-state index is -3.65. The van der Waals surface area contributed by atoms with Crippen molar-refractivity contribution >= 4 is 21.6 Å². The summed E-state index contributed by atoms with van der Waals surface area (Å²) in [4.78, 5) is 12.3. The summed E-state index contributed by atoms with van der Waals surface area (Å²) in [5.41, 5.74) is 1.35. The molecule has 0 fully saturated rings. The molecule has 23 heavy (non-hydrogen) atoms. The summed E-state index contributed by atoms with van der Waals surface area (Å²) in [7, 11) is 0.912. The first-order valence-electron chi connectivity index (χ1n) is 6.84.